The van der Waals surface area contributed by atoms with Crippen molar-refractivity contribution >= 4 is 43.5 Å². The average molecular weight is 721 g/mol. The van der Waals surface area contributed by atoms with Crippen LogP contribution < -0.4 is 14.4 Å². The first kappa shape index (κ1) is 35.7. The fraction of sp³-hybridized carbons (Fsp3) is 0.297. The minimum atomic E-state index is -4.26. The highest BCUT2D eigenvalue weighted by molar-refractivity contribution is 9.10. The van der Waals surface area contributed by atoms with Crippen molar-refractivity contribution in [2.45, 2.75) is 64.1 Å². The van der Waals surface area contributed by atoms with E-state index in [0.29, 0.717) is 15.9 Å². The van der Waals surface area contributed by atoms with Crippen LogP contribution in [0.15, 0.2) is 106 Å². The van der Waals surface area contributed by atoms with E-state index in [9.17, 15) is 18.0 Å². The first-order valence-corrected chi connectivity index (χ1v) is 17.5. The summed E-state index contributed by atoms with van der Waals surface area (Å²) in [4.78, 5) is 30.1. The molecule has 1 N–H and O–H groups in total. The summed E-state index contributed by atoms with van der Waals surface area (Å²) in [6.45, 7) is 9.09. The molecule has 8 nitrogen and oxygen atoms in total. The summed E-state index contributed by atoms with van der Waals surface area (Å²) in [7, 11) is -2.76. The van der Waals surface area contributed by atoms with E-state index >= 15 is 0 Å². The number of ether oxygens (including phenoxy) is 1. The summed E-state index contributed by atoms with van der Waals surface area (Å²) < 4.78 is 35.5. The van der Waals surface area contributed by atoms with E-state index < -0.39 is 34.1 Å². The Morgan fingerprint density at radius 1 is 0.851 bits per heavy atom. The summed E-state index contributed by atoms with van der Waals surface area (Å²) in [5.74, 6) is -0.376. The van der Waals surface area contributed by atoms with Gasteiger partial charge in [-0.25, -0.2) is 8.42 Å². The molecule has 4 aromatic carbocycles. The van der Waals surface area contributed by atoms with Crippen molar-refractivity contribution in [3.05, 3.63) is 124 Å². The molecule has 0 spiro atoms. The predicted molar refractivity (Wildman–Crippen MR) is 190 cm³/mol. The third-order valence-corrected chi connectivity index (χ3v) is 9.91. The van der Waals surface area contributed by atoms with E-state index in [1.54, 1.807) is 30.3 Å². The lowest BCUT2D eigenvalue weighted by molar-refractivity contribution is -0.140. The highest BCUT2D eigenvalue weighted by atomic mass is 79.9. The van der Waals surface area contributed by atoms with Crippen LogP contribution in [-0.4, -0.2) is 50.4 Å². The molecular weight excluding hydrogens is 678 g/mol. The first-order chi connectivity index (χ1) is 22.2. The molecule has 2 amide bonds. The normalized spacial score (nSPS) is 12.2. The van der Waals surface area contributed by atoms with E-state index in [1.807, 2.05) is 89.2 Å². The number of halogens is 1. The Labute approximate surface area is 286 Å². The summed E-state index contributed by atoms with van der Waals surface area (Å²) in [6.07, 6.45) is 0.239. The van der Waals surface area contributed by atoms with E-state index in [-0.39, 0.29) is 23.8 Å². The second kappa shape index (κ2) is 15.2. The van der Waals surface area contributed by atoms with E-state index in [0.717, 1.165) is 26.6 Å². The number of sulfonamides is 1. The Morgan fingerprint density at radius 3 is 2.11 bits per heavy atom. The van der Waals surface area contributed by atoms with Crippen LogP contribution in [0.1, 0.15) is 43.0 Å². The third-order valence-electron chi connectivity index (χ3n) is 7.52. The number of benzene rings is 4. The maximum absolute atomic E-state index is 14.6. The lowest BCUT2D eigenvalue weighted by Gasteiger charge is -2.35. The van der Waals surface area contributed by atoms with Crippen LogP contribution >= 0.6 is 15.9 Å². The van der Waals surface area contributed by atoms with Gasteiger partial charge in [-0.05, 0) is 92.0 Å². The molecule has 4 aromatic rings. The third kappa shape index (κ3) is 9.45. The fourth-order valence-corrected chi connectivity index (χ4v) is 7.32. The van der Waals surface area contributed by atoms with Gasteiger partial charge in [0.1, 0.15) is 18.3 Å². The van der Waals surface area contributed by atoms with Crippen LogP contribution in [-0.2, 0) is 32.6 Å². The number of hydrogen-bond acceptors (Lipinski definition) is 5. The van der Waals surface area contributed by atoms with Gasteiger partial charge in [-0.2, -0.15) is 0 Å². The largest absolute Gasteiger partial charge is 0.496 e. The Balaban J connectivity index is 1.83. The highest BCUT2D eigenvalue weighted by Crippen LogP contribution is 2.31. The van der Waals surface area contributed by atoms with Gasteiger partial charge >= 0.3 is 0 Å². The molecule has 47 heavy (non-hydrogen) atoms. The summed E-state index contributed by atoms with van der Waals surface area (Å²) in [5.41, 5.74) is 3.39. The molecule has 0 fully saturated rings. The van der Waals surface area contributed by atoms with Gasteiger partial charge < -0.3 is 15.0 Å². The Hall–Kier alpha value is -4.15. The zero-order chi connectivity index (χ0) is 34.4. The molecule has 4 rings (SSSR count). The second-order valence-corrected chi connectivity index (χ2v) is 15.3. The van der Waals surface area contributed by atoms with Gasteiger partial charge in [0.2, 0.25) is 11.8 Å². The maximum atomic E-state index is 14.6. The first-order valence-electron chi connectivity index (χ1n) is 15.3. The van der Waals surface area contributed by atoms with Crippen molar-refractivity contribution < 1.29 is 22.7 Å². The van der Waals surface area contributed by atoms with Gasteiger partial charge in [-0.1, -0.05) is 77.9 Å². The minimum Gasteiger partial charge on any atom is -0.496 e. The molecule has 0 aliphatic heterocycles. The van der Waals surface area contributed by atoms with Crippen LogP contribution in [0, 0.1) is 13.8 Å². The average Bonchev–Trinajstić information content (AvgIpc) is 3.01. The van der Waals surface area contributed by atoms with Crippen molar-refractivity contribution in [3.8, 4) is 5.75 Å². The number of hydrogen-bond donors (Lipinski definition) is 1. The smallest absolute Gasteiger partial charge is 0.264 e. The van der Waals surface area contributed by atoms with E-state index in [1.165, 1.54) is 24.1 Å². The van der Waals surface area contributed by atoms with Crippen molar-refractivity contribution in [2.75, 3.05) is 18.0 Å². The van der Waals surface area contributed by atoms with Gasteiger partial charge in [-0.15, -0.1) is 0 Å². The van der Waals surface area contributed by atoms with Gasteiger partial charge in [0.15, 0.2) is 0 Å². The maximum Gasteiger partial charge on any atom is 0.264 e. The highest BCUT2D eigenvalue weighted by Gasteiger charge is 2.35. The van der Waals surface area contributed by atoms with Gasteiger partial charge in [0.25, 0.3) is 10.0 Å². The molecule has 0 aromatic heterocycles. The summed E-state index contributed by atoms with van der Waals surface area (Å²) >= 11 is 3.39. The Morgan fingerprint density at radius 2 is 1.51 bits per heavy atom. The number of carbonyl (C=O) groups excluding carboxylic acids is 2. The van der Waals surface area contributed by atoms with Crippen molar-refractivity contribution in [2.24, 2.45) is 0 Å². The molecule has 0 saturated carbocycles. The molecule has 0 saturated heterocycles. The Bertz CT molecular complexity index is 1810. The van der Waals surface area contributed by atoms with Crippen molar-refractivity contribution in [3.63, 3.8) is 0 Å². The summed E-state index contributed by atoms with van der Waals surface area (Å²) in [5, 5.41) is 3.05. The quantitative estimate of drug-likeness (QED) is 0.173. The second-order valence-electron chi connectivity index (χ2n) is 12.6. The molecule has 0 heterocycles. The predicted octanol–water partition coefficient (Wildman–Crippen LogP) is 6.82. The van der Waals surface area contributed by atoms with E-state index in [4.69, 9.17) is 4.74 Å². The molecule has 0 aliphatic carbocycles. The number of nitrogens with zero attached hydrogens (tertiary/aromatic N) is 2. The van der Waals surface area contributed by atoms with Crippen LogP contribution in [0.2, 0.25) is 0 Å². The fourth-order valence-electron chi connectivity index (χ4n) is 5.19. The standard InChI is InChI=1S/C37H42BrN3O5S/c1-26-15-17-30(18-16-26)41(47(44,45)31-19-20-34(46-6)32(38)23-31)25-35(42)40(24-29-14-10-11-27(2)21-29)33(36(43)39-37(3,4)5)22-28-12-8-7-9-13-28/h7-21,23,33H,22,24-25H2,1-6H3,(H,39,43)/t33-/m1/s1. The number of aryl methyl sites for hydroxylation is 2. The Kier molecular flexibility index (Phi) is 11.5. The van der Waals surface area contributed by atoms with E-state index in [2.05, 4.69) is 21.2 Å². The number of anilines is 1. The zero-order valence-electron chi connectivity index (χ0n) is 27.7. The lowest BCUT2D eigenvalue weighted by Crippen LogP contribution is -2.56. The van der Waals surface area contributed by atoms with Crippen molar-refractivity contribution in [1.82, 2.24) is 10.2 Å². The molecular formula is C37H42BrN3O5S. The van der Waals surface area contributed by atoms with Gasteiger partial charge in [0.05, 0.1) is 22.2 Å². The molecule has 0 unspecified atom stereocenters. The van der Waals surface area contributed by atoms with Gasteiger partial charge in [-0.3, -0.25) is 13.9 Å². The molecule has 1 atom stereocenters. The molecule has 10 heteroatoms. The van der Waals surface area contributed by atoms with Gasteiger partial charge in [0, 0.05) is 18.5 Å². The number of amides is 2. The summed E-state index contributed by atoms with van der Waals surface area (Å²) in [6, 6.07) is 27.7. The molecule has 0 radical (unpaired) electrons. The molecule has 248 valence electrons. The topological polar surface area (TPSA) is 96.0 Å². The van der Waals surface area contributed by atoms with Crippen LogP contribution in [0.4, 0.5) is 5.69 Å². The monoisotopic (exact) mass is 719 g/mol. The number of carbonyl (C=O) groups is 2. The lowest BCUT2D eigenvalue weighted by atomic mass is 10.0. The minimum absolute atomic E-state index is 0.0184. The molecule has 0 aliphatic rings. The number of rotatable bonds is 12. The SMILES string of the molecule is COc1ccc(S(=O)(=O)N(CC(=O)N(Cc2cccc(C)c2)[C@H](Cc2ccccc2)C(=O)NC(C)(C)C)c2ccc(C)cc2)cc1Br. The number of methoxy groups -OCH3 is 1. The zero-order valence-corrected chi connectivity index (χ0v) is 30.1. The van der Waals surface area contributed by atoms with Crippen LogP contribution in [0.25, 0.3) is 0 Å². The number of nitrogens with one attached hydrogen (secondary N) is 1. The van der Waals surface area contributed by atoms with Crippen LogP contribution in [0.5, 0.6) is 5.75 Å². The van der Waals surface area contributed by atoms with Crippen LogP contribution in [0.3, 0.4) is 0 Å². The molecule has 0 bridgehead atoms. The van der Waals surface area contributed by atoms with Crippen molar-refractivity contribution in [1.29, 1.82) is 0 Å².